The Hall–Kier alpha value is -3.84. The van der Waals surface area contributed by atoms with Crippen molar-refractivity contribution >= 4 is 44.6 Å². The lowest BCUT2D eigenvalue weighted by molar-refractivity contribution is -0.380. The largest absolute Gasteiger partial charge is 0.493 e. The Bertz CT molecular complexity index is 1170. The second kappa shape index (κ2) is 9.32. The first-order valence-electron chi connectivity index (χ1n) is 8.44. The predicted molar refractivity (Wildman–Crippen MR) is 111 cm³/mol. The Labute approximate surface area is 182 Å². The molecule has 0 aliphatic heterocycles. The average molecular weight is 463 g/mol. The fourth-order valence-electron chi connectivity index (χ4n) is 2.41. The Morgan fingerprint density at radius 2 is 1.55 bits per heavy atom. The number of nitrogens with zero attached hydrogens (tertiary/aromatic N) is 2. The van der Waals surface area contributed by atoms with E-state index in [4.69, 9.17) is 9.47 Å². The Morgan fingerprint density at radius 1 is 0.935 bits per heavy atom. The van der Waals surface area contributed by atoms with Gasteiger partial charge >= 0.3 is 16.0 Å². The van der Waals surface area contributed by atoms with Gasteiger partial charge in [-0.2, -0.15) is 0 Å². The van der Waals surface area contributed by atoms with E-state index in [0.29, 0.717) is 16.9 Å². The molecule has 1 N–H and O–H groups in total. The van der Waals surface area contributed by atoms with E-state index < -0.39 is 21.7 Å². The second-order valence-corrected chi connectivity index (χ2v) is 7.97. The molecule has 0 fully saturated rings. The number of esters is 1. The maximum absolute atomic E-state index is 12.2. The molecule has 13 heteroatoms. The van der Waals surface area contributed by atoms with E-state index in [0.717, 1.165) is 11.3 Å². The number of ether oxygens (including phenoxy) is 2. The van der Waals surface area contributed by atoms with Gasteiger partial charge in [0, 0.05) is 18.7 Å². The van der Waals surface area contributed by atoms with Gasteiger partial charge in [0.05, 0.1) is 21.8 Å². The van der Waals surface area contributed by atoms with Crippen LogP contribution in [0.5, 0.6) is 11.5 Å². The monoisotopic (exact) mass is 463 g/mol. The quantitative estimate of drug-likeness (QED) is 0.229. The van der Waals surface area contributed by atoms with Crippen LogP contribution in [-0.4, -0.2) is 28.8 Å². The number of amides is 1. The zero-order valence-corrected chi connectivity index (χ0v) is 17.4. The third-order valence-corrected chi connectivity index (χ3v) is 5.90. The summed E-state index contributed by atoms with van der Waals surface area (Å²) in [6.45, 7) is 0.103. The van der Waals surface area contributed by atoms with Crippen LogP contribution in [-0.2, 0) is 6.54 Å². The van der Waals surface area contributed by atoms with Gasteiger partial charge in [-0.3, -0.25) is 25.0 Å². The number of rotatable bonds is 8. The lowest BCUT2D eigenvalue weighted by atomic mass is 10.2. The van der Waals surface area contributed by atoms with Gasteiger partial charge in [-0.05, 0) is 29.8 Å². The standard InChI is InChI=1S/C18H13N3O8S2/c1-28-12-8-10(9-19-17(22)13-4-6-15(30-13)20(24)25)2-3-11(12)29-18(23)14-5-7-16(31-14)21(26)27/h2-8H,9H2,1H3,(H,19,22). The van der Waals surface area contributed by atoms with E-state index in [2.05, 4.69) is 5.32 Å². The molecule has 0 aliphatic rings. The molecule has 3 aromatic rings. The molecule has 0 saturated heterocycles. The summed E-state index contributed by atoms with van der Waals surface area (Å²) in [5, 5.41) is 23.8. The highest BCUT2D eigenvalue weighted by atomic mass is 32.1. The van der Waals surface area contributed by atoms with E-state index in [1.165, 1.54) is 37.4 Å². The number of thiophene rings is 2. The Kier molecular flexibility index (Phi) is 6.57. The van der Waals surface area contributed by atoms with Gasteiger partial charge in [0.2, 0.25) is 0 Å². The maximum Gasteiger partial charge on any atom is 0.354 e. The molecule has 0 spiro atoms. The molecule has 0 unspecified atom stereocenters. The van der Waals surface area contributed by atoms with Crippen molar-refractivity contribution in [1.82, 2.24) is 5.32 Å². The molecule has 2 aromatic heterocycles. The molecule has 3 rings (SSSR count). The minimum Gasteiger partial charge on any atom is -0.493 e. The van der Waals surface area contributed by atoms with Crippen LogP contribution >= 0.6 is 22.7 Å². The molecule has 31 heavy (non-hydrogen) atoms. The molecule has 0 saturated carbocycles. The summed E-state index contributed by atoms with van der Waals surface area (Å²) < 4.78 is 10.5. The highest BCUT2D eigenvalue weighted by molar-refractivity contribution is 7.17. The van der Waals surface area contributed by atoms with Crippen molar-refractivity contribution in [2.75, 3.05) is 7.11 Å². The summed E-state index contributed by atoms with van der Waals surface area (Å²) in [4.78, 5) is 45.0. The van der Waals surface area contributed by atoms with E-state index in [1.54, 1.807) is 12.1 Å². The van der Waals surface area contributed by atoms with Crippen molar-refractivity contribution < 1.29 is 28.9 Å². The van der Waals surface area contributed by atoms with Crippen LogP contribution in [0.2, 0.25) is 0 Å². The molecule has 160 valence electrons. The molecule has 1 aromatic carbocycles. The molecule has 0 aliphatic carbocycles. The summed E-state index contributed by atoms with van der Waals surface area (Å²) in [5.74, 6) is -0.908. The van der Waals surface area contributed by atoms with Gasteiger partial charge in [-0.15, -0.1) is 0 Å². The van der Waals surface area contributed by atoms with Crippen molar-refractivity contribution in [3.8, 4) is 11.5 Å². The van der Waals surface area contributed by atoms with Crippen LogP contribution in [0.25, 0.3) is 0 Å². The van der Waals surface area contributed by atoms with E-state index in [-0.39, 0.29) is 37.8 Å². The molecule has 0 radical (unpaired) electrons. The predicted octanol–water partition coefficient (Wildman–Crippen LogP) is 3.78. The van der Waals surface area contributed by atoms with Crippen molar-refractivity contribution in [2.24, 2.45) is 0 Å². The fourth-order valence-corrected chi connectivity index (χ4v) is 3.84. The zero-order valence-electron chi connectivity index (χ0n) is 15.7. The first-order chi connectivity index (χ1) is 14.8. The number of benzene rings is 1. The van der Waals surface area contributed by atoms with E-state index >= 15 is 0 Å². The first kappa shape index (κ1) is 21.9. The van der Waals surface area contributed by atoms with Crippen molar-refractivity contribution in [3.05, 3.63) is 78.0 Å². The Balaban J connectivity index is 1.66. The molecular weight excluding hydrogens is 450 g/mol. The summed E-state index contributed by atoms with van der Waals surface area (Å²) >= 11 is 1.46. The van der Waals surface area contributed by atoms with Crippen LogP contribution in [0.3, 0.4) is 0 Å². The van der Waals surface area contributed by atoms with E-state index in [1.807, 2.05) is 0 Å². The van der Waals surface area contributed by atoms with Crippen LogP contribution in [0, 0.1) is 20.2 Å². The summed E-state index contributed by atoms with van der Waals surface area (Å²) in [6.07, 6.45) is 0. The molecule has 2 heterocycles. The molecule has 11 nitrogen and oxygen atoms in total. The molecule has 0 atom stereocenters. The number of nitro groups is 2. The lowest BCUT2D eigenvalue weighted by Crippen LogP contribution is -2.21. The number of hydrogen-bond donors (Lipinski definition) is 1. The van der Waals surface area contributed by atoms with Gasteiger partial charge in [0.15, 0.2) is 11.5 Å². The number of carbonyl (C=O) groups is 2. The minimum atomic E-state index is -0.767. The number of nitrogens with one attached hydrogen (secondary N) is 1. The van der Waals surface area contributed by atoms with Crippen LogP contribution < -0.4 is 14.8 Å². The highest BCUT2D eigenvalue weighted by Crippen LogP contribution is 2.31. The third-order valence-electron chi connectivity index (χ3n) is 3.85. The first-order valence-corrected chi connectivity index (χ1v) is 10.1. The van der Waals surface area contributed by atoms with Crippen molar-refractivity contribution in [3.63, 3.8) is 0 Å². The zero-order chi connectivity index (χ0) is 22.5. The van der Waals surface area contributed by atoms with Gasteiger partial charge in [0.1, 0.15) is 4.88 Å². The fraction of sp³-hybridized carbons (Fsp3) is 0.111. The maximum atomic E-state index is 12.2. The topological polar surface area (TPSA) is 151 Å². The SMILES string of the molecule is COc1cc(CNC(=O)c2ccc([N+](=O)[O-])s2)ccc1OC(=O)c1ccc([N+](=O)[O-])s1. The second-order valence-electron chi connectivity index (χ2n) is 5.85. The Morgan fingerprint density at radius 3 is 2.13 bits per heavy atom. The van der Waals surface area contributed by atoms with Crippen molar-refractivity contribution in [2.45, 2.75) is 6.54 Å². The van der Waals surface area contributed by atoms with Gasteiger partial charge in [-0.25, -0.2) is 4.79 Å². The molecule has 0 bridgehead atoms. The highest BCUT2D eigenvalue weighted by Gasteiger charge is 2.19. The normalized spacial score (nSPS) is 10.4. The summed E-state index contributed by atoms with van der Waals surface area (Å²) in [6, 6.07) is 9.76. The molecule has 1 amide bonds. The van der Waals surface area contributed by atoms with Crippen LogP contribution in [0.4, 0.5) is 10.0 Å². The summed E-state index contributed by atoms with van der Waals surface area (Å²) in [5.41, 5.74) is 0.628. The minimum absolute atomic E-state index is 0.0649. The third kappa shape index (κ3) is 5.21. The van der Waals surface area contributed by atoms with Crippen molar-refractivity contribution in [1.29, 1.82) is 0 Å². The van der Waals surface area contributed by atoms with Crippen LogP contribution in [0.15, 0.2) is 42.5 Å². The van der Waals surface area contributed by atoms with Gasteiger partial charge in [-0.1, -0.05) is 28.7 Å². The molecular formula is C18H13N3O8S2. The average Bonchev–Trinajstić information content (AvgIpc) is 3.43. The van der Waals surface area contributed by atoms with Gasteiger partial charge in [0.25, 0.3) is 5.91 Å². The van der Waals surface area contributed by atoms with E-state index in [9.17, 15) is 29.8 Å². The lowest BCUT2D eigenvalue weighted by Gasteiger charge is -2.11. The summed E-state index contributed by atoms with van der Waals surface area (Å²) in [7, 11) is 1.37. The van der Waals surface area contributed by atoms with Crippen LogP contribution in [0.1, 0.15) is 24.9 Å². The van der Waals surface area contributed by atoms with Gasteiger partial charge < -0.3 is 14.8 Å². The number of carbonyl (C=O) groups excluding carboxylic acids is 2. The number of hydrogen-bond acceptors (Lipinski definition) is 10. The smallest absolute Gasteiger partial charge is 0.354 e. The number of methoxy groups -OCH3 is 1.